The Labute approximate surface area is 228 Å². The largest absolute Gasteiger partial charge is 0.308 e. The van der Waals surface area contributed by atoms with Gasteiger partial charge in [0.15, 0.2) is 5.13 Å². The number of rotatable bonds is 9. The number of amides is 1. The first-order valence-electron chi connectivity index (χ1n) is 11.6. The molecule has 0 radical (unpaired) electrons. The quantitative estimate of drug-likeness (QED) is 0.287. The van der Waals surface area contributed by atoms with Crippen molar-refractivity contribution in [2.75, 3.05) is 39.1 Å². The van der Waals surface area contributed by atoms with Crippen LogP contribution in [0.15, 0.2) is 77.7 Å². The maximum atomic E-state index is 13.6. The number of carbonyl (C=O) groups is 1. The van der Waals surface area contributed by atoms with Crippen molar-refractivity contribution in [3.05, 3.63) is 89.5 Å². The highest BCUT2D eigenvalue weighted by Gasteiger charge is 2.24. The van der Waals surface area contributed by atoms with Crippen LogP contribution in [0, 0.1) is 6.92 Å². The minimum atomic E-state index is -3.70. The minimum absolute atomic E-state index is 0. The first kappa shape index (κ1) is 28.7. The number of fused-ring (bicyclic) bond motifs is 1. The lowest BCUT2D eigenvalue weighted by atomic mass is 10.2. The molecule has 0 bridgehead atoms. The molecular formula is C27H31ClN4O3S2. The molecule has 0 spiro atoms. The molecule has 37 heavy (non-hydrogen) atoms. The van der Waals surface area contributed by atoms with Crippen LogP contribution in [0.25, 0.3) is 10.2 Å². The second-order valence-corrected chi connectivity index (χ2v) is 12.0. The van der Waals surface area contributed by atoms with Crippen LogP contribution in [-0.4, -0.2) is 62.7 Å². The van der Waals surface area contributed by atoms with Crippen molar-refractivity contribution < 1.29 is 13.2 Å². The van der Waals surface area contributed by atoms with Gasteiger partial charge in [-0.1, -0.05) is 53.8 Å². The lowest BCUT2D eigenvalue weighted by Gasteiger charge is -2.22. The first-order valence-corrected chi connectivity index (χ1v) is 13.9. The summed E-state index contributed by atoms with van der Waals surface area (Å²) in [7, 11) is 1.76. The van der Waals surface area contributed by atoms with Gasteiger partial charge in [-0.3, -0.25) is 9.69 Å². The number of halogens is 1. The van der Waals surface area contributed by atoms with Crippen molar-refractivity contribution in [2.45, 2.75) is 18.4 Å². The third-order valence-corrected chi connectivity index (χ3v) is 8.78. The highest BCUT2D eigenvalue weighted by molar-refractivity contribution is 7.89. The third kappa shape index (κ3) is 6.55. The zero-order chi connectivity index (χ0) is 25.9. The number of benzene rings is 3. The topological polar surface area (TPSA) is 73.8 Å². The molecule has 0 saturated heterocycles. The summed E-state index contributed by atoms with van der Waals surface area (Å²) in [6, 6.07) is 21.6. The molecule has 196 valence electrons. The van der Waals surface area contributed by atoms with Crippen molar-refractivity contribution in [1.82, 2.24) is 14.2 Å². The van der Waals surface area contributed by atoms with Gasteiger partial charge in [-0.2, -0.15) is 4.31 Å². The number of aryl methyl sites for hydroxylation is 1. The molecule has 0 fully saturated rings. The van der Waals surface area contributed by atoms with Gasteiger partial charge in [-0.05, 0) is 62.5 Å². The van der Waals surface area contributed by atoms with Gasteiger partial charge in [0.2, 0.25) is 10.0 Å². The van der Waals surface area contributed by atoms with Crippen LogP contribution in [0.5, 0.6) is 0 Å². The highest BCUT2D eigenvalue weighted by atomic mass is 35.5. The van der Waals surface area contributed by atoms with Gasteiger partial charge in [0, 0.05) is 32.2 Å². The molecule has 0 saturated carbocycles. The predicted octanol–water partition coefficient (Wildman–Crippen LogP) is 5.06. The Hall–Kier alpha value is -2.82. The summed E-state index contributed by atoms with van der Waals surface area (Å²) in [5.41, 5.74) is 3.26. The molecule has 10 heteroatoms. The number of likely N-dealkylation sites (N-methyl/N-ethyl adjacent to an activating group) is 1. The Bertz CT molecular complexity index is 1460. The van der Waals surface area contributed by atoms with Crippen molar-refractivity contribution in [3.8, 4) is 0 Å². The van der Waals surface area contributed by atoms with E-state index in [1.165, 1.54) is 27.8 Å². The van der Waals surface area contributed by atoms with Gasteiger partial charge < -0.3 is 4.90 Å². The van der Waals surface area contributed by atoms with Gasteiger partial charge in [0.1, 0.15) is 0 Å². The van der Waals surface area contributed by atoms with Crippen LogP contribution < -0.4 is 4.90 Å². The maximum Gasteiger partial charge on any atom is 0.260 e. The molecule has 4 rings (SSSR count). The molecule has 1 aromatic heterocycles. The second-order valence-electron chi connectivity index (χ2n) is 8.95. The van der Waals surface area contributed by atoms with Crippen molar-refractivity contribution in [3.63, 3.8) is 0 Å². The number of aromatic nitrogens is 1. The monoisotopic (exact) mass is 558 g/mol. The fourth-order valence-corrected chi connectivity index (χ4v) is 6.03. The number of hydrogen-bond donors (Lipinski definition) is 0. The Balaban J connectivity index is 0.00000380. The van der Waals surface area contributed by atoms with E-state index in [1.807, 2.05) is 74.4 Å². The zero-order valence-corrected chi connectivity index (χ0v) is 23.7. The standard InChI is InChI=1S/C27H30N4O3S2.ClH/c1-20-9-8-12-24-25(20)28-27(35-24)31(18-17-29(2)3)26(32)22-13-15-23(16-14-22)36(33,34)30(4)19-21-10-6-5-7-11-21;/h5-16H,17-19H2,1-4H3;1H. The molecule has 1 amide bonds. The molecule has 3 aromatic carbocycles. The van der Waals surface area contributed by atoms with Crippen LogP contribution in [0.2, 0.25) is 0 Å². The molecule has 0 aliphatic carbocycles. The molecule has 0 aliphatic heterocycles. The Morgan fingerprint density at radius 3 is 2.19 bits per heavy atom. The summed E-state index contributed by atoms with van der Waals surface area (Å²) in [6.45, 7) is 3.40. The van der Waals surface area contributed by atoms with Crippen molar-refractivity contribution >= 4 is 55.0 Å². The Morgan fingerprint density at radius 1 is 0.892 bits per heavy atom. The number of hydrogen-bond acceptors (Lipinski definition) is 6. The third-order valence-electron chi connectivity index (χ3n) is 5.91. The normalized spacial score (nSPS) is 11.6. The number of thiazole rings is 1. The molecule has 0 unspecified atom stereocenters. The van der Waals surface area contributed by atoms with Gasteiger partial charge in [-0.25, -0.2) is 13.4 Å². The summed E-state index contributed by atoms with van der Waals surface area (Å²) in [5.74, 6) is -0.213. The molecule has 0 N–H and O–H groups in total. The second kappa shape index (κ2) is 12.1. The lowest BCUT2D eigenvalue weighted by Crippen LogP contribution is -2.36. The van der Waals surface area contributed by atoms with E-state index in [-0.39, 0.29) is 29.8 Å². The fraction of sp³-hybridized carbons (Fsp3) is 0.259. The number of nitrogens with zero attached hydrogens (tertiary/aromatic N) is 4. The smallest absolute Gasteiger partial charge is 0.260 e. The van der Waals surface area contributed by atoms with E-state index in [0.717, 1.165) is 21.3 Å². The summed E-state index contributed by atoms with van der Waals surface area (Å²) in [6.07, 6.45) is 0. The predicted molar refractivity (Wildman–Crippen MR) is 153 cm³/mol. The zero-order valence-electron chi connectivity index (χ0n) is 21.3. The molecule has 1 heterocycles. The molecule has 4 aromatic rings. The number of sulfonamides is 1. The highest BCUT2D eigenvalue weighted by Crippen LogP contribution is 2.31. The number of anilines is 1. The van der Waals surface area contributed by atoms with Gasteiger partial charge in [-0.15, -0.1) is 12.4 Å². The Kier molecular flexibility index (Phi) is 9.44. The fourth-order valence-electron chi connectivity index (χ4n) is 3.80. The van der Waals surface area contributed by atoms with Gasteiger partial charge in [0.05, 0.1) is 15.1 Å². The van der Waals surface area contributed by atoms with Gasteiger partial charge in [0.25, 0.3) is 5.91 Å². The van der Waals surface area contributed by atoms with E-state index in [2.05, 4.69) is 0 Å². The number of carbonyl (C=O) groups excluding carboxylic acids is 1. The molecule has 0 aliphatic rings. The van der Waals surface area contributed by atoms with E-state index < -0.39 is 10.0 Å². The minimum Gasteiger partial charge on any atom is -0.308 e. The first-order chi connectivity index (χ1) is 17.2. The summed E-state index contributed by atoms with van der Waals surface area (Å²) < 4.78 is 28.5. The molecule has 0 atom stereocenters. The van der Waals surface area contributed by atoms with Crippen LogP contribution in [-0.2, 0) is 16.6 Å². The average Bonchev–Trinajstić information content (AvgIpc) is 3.30. The van der Waals surface area contributed by atoms with Crippen LogP contribution >= 0.6 is 23.7 Å². The molecular weight excluding hydrogens is 528 g/mol. The SMILES string of the molecule is Cc1cccc2sc(N(CCN(C)C)C(=O)c3ccc(S(=O)(=O)N(C)Cc4ccccc4)cc3)nc12.Cl. The van der Waals surface area contributed by atoms with E-state index in [4.69, 9.17) is 4.98 Å². The van der Waals surface area contributed by atoms with Crippen LogP contribution in [0.1, 0.15) is 21.5 Å². The van der Waals surface area contributed by atoms with Crippen molar-refractivity contribution in [2.24, 2.45) is 0 Å². The average molecular weight is 559 g/mol. The Morgan fingerprint density at radius 2 is 1.57 bits per heavy atom. The van der Waals surface area contributed by atoms with Crippen LogP contribution in [0.3, 0.4) is 0 Å². The maximum absolute atomic E-state index is 13.6. The van der Waals surface area contributed by atoms with Crippen molar-refractivity contribution in [1.29, 1.82) is 0 Å². The lowest BCUT2D eigenvalue weighted by molar-refractivity contribution is 0.0985. The molecule has 7 nitrogen and oxygen atoms in total. The van der Waals surface area contributed by atoms with E-state index in [9.17, 15) is 13.2 Å². The summed E-state index contributed by atoms with van der Waals surface area (Å²) in [5, 5.41) is 0.630. The van der Waals surface area contributed by atoms with Gasteiger partial charge >= 0.3 is 0 Å². The van der Waals surface area contributed by atoms with E-state index in [0.29, 0.717) is 23.8 Å². The van der Waals surface area contributed by atoms with E-state index >= 15 is 0 Å². The van der Waals surface area contributed by atoms with Crippen LogP contribution in [0.4, 0.5) is 5.13 Å². The summed E-state index contributed by atoms with van der Waals surface area (Å²) in [4.78, 5) is 22.2. The summed E-state index contributed by atoms with van der Waals surface area (Å²) >= 11 is 1.48. The van der Waals surface area contributed by atoms with E-state index in [1.54, 1.807) is 24.1 Å². The number of para-hydroxylation sites is 1.